The third-order valence-corrected chi connectivity index (χ3v) is 7.14. The lowest BCUT2D eigenvalue weighted by Gasteiger charge is -2.21. The van der Waals surface area contributed by atoms with Crippen LogP contribution < -0.4 is 27.4 Å². The second-order valence-electron chi connectivity index (χ2n) is 10.3. The van der Waals surface area contributed by atoms with Gasteiger partial charge < -0.3 is 10.6 Å². The van der Waals surface area contributed by atoms with Crippen molar-refractivity contribution >= 4 is 34.0 Å². The van der Waals surface area contributed by atoms with Crippen LogP contribution in [0.15, 0.2) is 56.8 Å². The third kappa shape index (κ3) is 4.97. The van der Waals surface area contributed by atoms with Gasteiger partial charge in [-0.05, 0) is 62.6 Å². The summed E-state index contributed by atoms with van der Waals surface area (Å²) in [5.74, 6) is -9.18. The van der Waals surface area contributed by atoms with Crippen LogP contribution in [0.1, 0.15) is 30.0 Å². The van der Waals surface area contributed by atoms with Crippen molar-refractivity contribution in [3.05, 3.63) is 90.6 Å². The minimum absolute atomic E-state index is 0.0730. The number of carbonyl (C=O) groups excluding carboxylic acids is 1. The SMILES string of the molecule is Cc1ccc(Nc2c3c(=O)n(C4CC4)c(=O)n(-c4cccc(NC(=O)C(F)(F)C(F)(F)F)c4)c3c(C)c(=O)n2C)c(F)c1. The molecule has 0 radical (unpaired) electrons. The van der Waals surface area contributed by atoms with E-state index in [0.29, 0.717) is 18.4 Å². The van der Waals surface area contributed by atoms with Crippen LogP contribution in [-0.4, -0.2) is 31.7 Å². The maximum Gasteiger partial charge on any atom is 0.463 e. The number of benzene rings is 2. The Labute approximate surface area is 238 Å². The van der Waals surface area contributed by atoms with Gasteiger partial charge in [0.1, 0.15) is 17.0 Å². The molecule has 1 aliphatic carbocycles. The molecule has 2 aromatic heterocycles. The van der Waals surface area contributed by atoms with Crippen LogP contribution in [-0.2, 0) is 11.8 Å². The smallest absolute Gasteiger partial charge is 0.338 e. The molecule has 1 aliphatic rings. The lowest BCUT2D eigenvalue weighted by atomic mass is 10.1. The van der Waals surface area contributed by atoms with Crippen LogP contribution in [0.5, 0.6) is 0 Å². The molecule has 2 heterocycles. The Morgan fingerprint density at radius 2 is 1.63 bits per heavy atom. The van der Waals surface area contributed by atoms with Crippen molar-refractivity contribution in [2.75, 3.05) is 10.6 Å². The summed E-state index contributed by atoms with van der Waals surface area (Å²) in [6.45, 7) is 3.00. The van der Waals surface area contributed by atoms with Crippen molar-refractivity contribution in [1.82, 2.24) is 13.7 Å². The molecule has 1 saturated carbocycles. The molecule has 1 fully saturated rings. The number of pyridine rings is 1. The topological polar surface area (TPSA) is 107 Å². The number of halogens is 6. The highest BCUT2D eigenvalue weighted by Gasteiger charge is 2.63. The minimum Gasteiger partial charge on any atom is -0.338 e. The van der Waals surface area contributed by atoms with Gasteiger partial charge in [0.15, 0.2) is 0 Å². The number of alkyl halides is 5. The fourth-order valence-electron chi connectivity index (χ4n) is 4.77. The summed E-state index contributed by atoms with van der Waals surface area (Å²) < 4.78 is 83.2. The van der Waals surface area contributed by atoms with Crippen LogP contribution in [0.3, 0.4) is 0 Å². The molecule has 4 aromatic rings. The van der Waals surface area contributed by atoms with Gasteiger partial charge in [-0.25, -0.2) is 9.18 Å². The number of nitrogens with zero attached hydrogens (tertiary/aromatic N) is 3. The summed E-state index contributed by atoms with van der Waals surface area (Å²) in [5.41, 5.74) is -2.77. The van der Waals surface area contributed by atoms with Crippen molar-refractivity contribution in [3.63, 3.8) is 0 Å². The van der Waals surface area contributed by atoms with Gasteiger partial charge in [0.05, 0.1) is 16.9 Å². The molecule has 0 aliphatic heterocycles. The van der Waals surface area contributed by atoms with Crippen molar-refractivity contribution in [2.24, 2.45) is 7.05 Å². The van der Waals surface area contributed by atoms with E-state index in [2.05, 4.69) is 5.32 Å². The van der Waals surface area contributed by atoms with Gasteiger partial charge in [0.2, 0.25) is 0 Å². The van der Waals surface area contributed by atoms with Gasteiger partial charge in [-0.3, -0.25) is 28.1 Å². The van der Waals surface area contributed by atoms with E-state index in [4.69, 9.17) is 0 Å². The van der Waals surface area contributed by atoms with Gasteiger partial charge in [0.25, 0.3) is 11.1 Å². The van der Waals surface area contributed by atoms with E-state index in [1.807, 2.05) is 0 Å². The van der Waals surface area contributed by atoms with E-state index in [9.17, 15) is 45.5 Å². The molecule has 2 N–H and O–H groups in total. The second kappa shape index (κ2) is 10.2. The number of aryl methyl sites for hydroxylation is 2. The van der Waals surface area contributed by atoms with E-state index in [1.54, 1.807) is 13.0 Å². The molecule has 0 bridgehead atoms. The Morgan fingerprint density at radius 3 is 2.23 bits per heavy atom. The molecule has 43 heavy (non-hydrogen) atoms. The standard InChI is InChI=1S/C28H23F6N5O4/c1-13-7-10-19(18(29)11-13)36-22-20-21(14(2)23(40)37(22)3)38(26(43)39(24(20)41)16-8-9-16)17-6-4-5-15(12-17)35-25(42)27(30,31)28(32,33)34/h4-7,10-12,16,36H,8-9H2,1-3H3,(H,35,42). The number of aromatic nitrogens is 3. The molecule has 9 nitrogen and oxygen atoms in total. The summed E-state index contributed by atoms with van der Waals surface area (Å²) in [7, 11) is 1.34. The van der Waals surface area contributed by atoms with Gasteiger partial charge in [-0.15, -0.1) is 0 Å². The average molecular weight is 608 g/mol. The number of carbonyl (C=O) groups is 1. The number of hydrogen-bond acceptors (Lipinski definition) is 5. The molecule has 15 heteroatoms. The second-order valence-corrected chi connectivity index (χ2v) is 10.3. The third-order valence-electron chi connectivity index (χ3n) is 7.14. The van der Waals surface area contributed by atoms with Crippen LogP contribution in [0, 0.1) is 19.7 Å². The number of nitrogens with one attached hydrogen (secondary N) is 2. The summed E-state index contributed by atoms with van der Waals surface area (Å²) in [6.07, 6.45) is -5.20. The van der Waals surface area contributed by atoms with Crippen LogP contribution >= 0.6 is 0 Å². The zero-order chi connectivity index (χ0) is 31.6. The fraction of sp³-hybridized carbons (Fsp3) is 0.286. The lowest BCUT2D eigenvalue weighted by molar-refractivity contribution is -0.267. The number of fused-ring (bicyclic) bond motifs is 1. The molecular formula is C28H23F6N5O4. The van der Waals surface area contributed by atoms with Crippen LogP contribution in [0.25, 0.3) is 16.6 Å². The first-order valence-electron chi connectivity index (χ1n) is 12.8. The Kier molecular flexibility index (Phi) is 7.02. The molecule has 2 aromatic carbocycles. The molecule has 1 amide bonds. The molecule has 5 rings (SSSR count). The number of hydrogen-bond donors (Lipinski definition) is 2. The first-order chi connectivity index (χ1) is 20.0. The predicted molar refractivity (Wildman–Crippen MR) is 146 cm³/mol. The van der Waals surface area contributed by atoms with E-state index in [0.717, 1.165) is 25.8 Å². The van der Waals surface area contributed by atoms with E-state index in [1.165, 1.54) is 43.6 Å². The lowest BCUT2D eigenvalue weighted by Crippen LogP contribution is -2.47. The molecule has 0 unspecified atom stereocenters. The van der Waals surface area contributed by atoms with Gasteiger partial charge in [-0.1, -0.05) is 12.1 Å². The zero-order valence-electron chi connectivity index (χ0n) is 22.8. The summed E-state index contributed by atoms with van der Waals surface area (Å²) >= 11 is 0. The van der Waals surface area contributed by atoms with E-state index < -0.39 is 52.4 Å². The van der Waals surface area contributed by atoms with Crippen molar-refractivity contribution < 1.29 is 31.1 Å². The fourth-order valence-corrected chi connectivity index (χ4v) is 4.77. The normalized spacial score (nSPS) is 13.8. The molecule has 0 saturated heterocycles. The highest BCUT2D eigenvalue weighted by Crippen LogP contribution is 2.37. The molecular weight excluding hydrogens is 584 g/mol. The van der Waals surface area contributed by atoms with E-state index >= 15 is 0 Å². The predicted octanol–water partition coefficient (Wildman–Crippen LogP) is 4.82. The van der Waals surface area contributed by atoms with Gasteiger partial charge in [0, 0.05) is 24.3 Å². The number of anilines is 3. The highest BCUT2D eigenvalue weighted by atomic mass is 19.4. The van der Waals surface area contributed by atoms with Crippen LogP contribution in [0.2, 0.25) is 0 Å². The quantitative estimate of drug-likeness (QED) is 0.306. The maximum atomic E-state index is 14.8. The Morgan fingerprint density at radius 1 is 0.953 bits per heavy atom. The highest BCUT2D eigenvalue weighted by molar-refractivity contribution is 5.97. The van der Waals surface area contributed by atoms with Gasteiger partial charge in [-0.2, -0.15) is 22.0 Å². The maximum absolute atomic E-state index is 14.8. The number of rotatable bonds is 6. The molecule has 0 spiro atoms. The van der Waals surface area contributed by atoms with E-state index in [-0.39, 0.29) is 33.7 Å². The Hall–Kier alpha value is -4.82. The first-order valence-corrected chi connectivity index (χ1v) is 12.8. The summed E-state index contributed by atoms with van der Waals surface area (Å²) in [5, 5.41) is 4.11. The van der Waals surface area contributed by atoms with Crippen molar-refractivity contribution in [2.45, 2.75) is 44.8 Å². The molecule has 226 valence electrons. The monoisotopic (exact) mass is 607 g/mol. The van der Waals surface area contributed by atoms with Crippen molar-refractivity contribution in [1.29, 1.82) is 0 Å². The Bertz CT molecular complexity index is 1990. The largest absolute Gasteiger partial charge is 0.463 e. The van der Waals surface area contributed by atoms with Crippen LogP contribution in [0.4, 0.5) is 43.5 Å². The summed E-state index contributed by atoms with van der Waals surface area (Å²) in [4.78, 5) is 52.8. The van der Waals surface area contributed by atoms with Crippen molar-refractivity contribution in [3.8, 4) is 5.69 Å². The zero-order valence-corrected chi connectivity index (χ0v) is 22.8. The summed E-state index contributed by atoms with van der Waals surface area (Å²) in [6, 6.07) is 8.16. The molecule has 0 atom stereocenters. The Balaban J connectivity index is 1.78. The average Bonchev–Trinajstić information content (AvgIpc) is 3.76. The first kappa shape index (κ1) is 29.7. The minimum atomic E-state index is -6.15. The number of amides is 1. The van der Waals surface area contributed by atoms with Gasteiger partial charge >= 0.3 is 23.7 Å².